The molecule has 372 valence electrons. The lowest BCUT2D eigenvalue weighted by atomic mass is 9.96. The summed E-state index contributed by atoms with van der Waals surface area (Å²) in [6.45, 7) is 6.02. The van der Waals surface area contributed by atoms with Crippen LogP contribution in [0.5, 0.6) is 0 Å². The van der Waals surface area contributed by atoms with Crippen LogP contribution in [0.25, 0.3) is 10.9 Å². The van der Waals surface area contributed by atoms with Crippen molar-refractivity contribution in [3.05, 3.63) is 23.8 Å². The average molecular weight is 968 g/mol. The summed E-state index contributed by atoms with van der Waals surface area (Å²) in [5.41, 5.74) is 7.14. The first kappa shape index (κ1) is 52.9. The maximum Gasteiger partial charge on any atom is 0.308 e. The zero-order valence-electron chi connectivity index (χ0n) is 39.2. The quantitative estimate of drug-likeness (QED) is 0.115. The number of hydrogen-bond donors (Lipinski definition) is 10. The number of aromatic nitrogens is 1. The molecule has 7 amide bonds. The molecule has 5 rings (SSSR count). The molecule has 22 nitrogen and oxygen atoms in total. The molecule has 2 bridgehead atoms. The number of nitrogens with one attached hydrogen (secondary N) is 9. The molecule has 3 aliphatic rings. The topological polar surface area (TPSA) is 321 Å². The van der Waals surface area contributed by atoms with E-state index < -0.39 is 115 Å². The number of methoxy groups -OCH3 is 1. The highest BCUT2D eigenvalue weighted by molar-refractivity contribution is 7.99. The van der Waals surface area contributed by atoms with Crippen LogP contribution in [0.15, 0.2) is 23.2 Å². The van der Waals surface area contributed by atoms with Gasteiger partial charge in [-0.1, -0.05) is 40.5 Å². The third-order valence-corrected chi connectivity index (χ3v) is 13.7. The molecule has 8 atom stereocenters. The number of nitrogens with two attached hydrogens (primary N) is 1. The molecule has 1 aromatic carbocycles. The van der Waals surface area contributed by atoms with Gasteiger partial charge in [-0.3, -0.25) is 53.3 Å². The van der Waals surface area contributed by atoms with E-state index in [1.54, 1.807) is 32.0 Å². The number of carbonyl (C=O) groups is 10. The Bertz CT molecular complexity index is 2240. The largest absolute Gasteiger partial charge is 0.469 e. The molecular weight excluding hydrogens is 903 g/mol. The Balaban J connectivity index is 1.69. The van der Waals surface area contributed by atoms with Crippen molar-refractivity contribution in [2.75, 3.05) is 57.4 Å². The summed E-state index contributed by atoms with van der Waals surface area (Å²) >= 11 is 1.07. The highest BCUT2D eigenvalue weighted by atomic mass is 32.2. The Morgan fingerprint density at radius 2 is 1.57 bits per heavy atom. The SMILES string of the molecule is CC[C@H](C)[C@@H]1NCC(=O)CNC(=O)[C@@H]2Cc3c([nH]c4ccc(NCC(=O)CCN)cc34)SC[C@H](NC(=O)CNC1=O)C(=O)N[C@@H](CC(=O)OC)C(=O)N1CCC[C@H]1C(=O)N[C@@H]([C@@H](C)CC)C(=O)N2. The number of rotatable bonds is 11. The van der Waals surface area contributed by atoms with E-state index in [1.807, 2.05) is 13.8 Å². The van der Waals surface area contributed by atoms with Crippen LogP contribution in [-0.2, 0) is 59.1 Å². The van der Waals surface area contributed by atoms with E-state index in [1.165, 1.54) is 4.90 Å². The molecule has 0 unspecified atom stereocenters. The van der Waals surface area contributed by atoms with Gasteiger partial charge in [0.1, 0.15) is 30.2 Å². The van der Waals surface area contributed by atoms with Crippen LogP contribution in [0.1, 0.15) is 71.8 Å². The molecule has 0 aliphatic carbocycles. The second-order valence-electron chi connectivity index (χ2n) is 17.4. The highest BCUT2D eigenvalue weighted by Crippen LogP contribution is 2.33. The van der Waals surface area contributed by atoms with Crippen molar-refractivity contribution >= 4 is 87.2 Å². The minimum atomic E-state index is -1.55. The second kappa shape index (κ2) is 24.8. The van der Waals surface area contributed by atoms with E-state index in [2.05, 4.69) is 47.5 Å². The van der Waals surface area contributed by atoms with Crippen molar-refractivity contribution in [1.29, 1.82) is 0 Å². The lowest BCUT2D eigenvalue weighted by Gasteiger charge is -2.32. The summed E-state index contributed by atoms with van der Waals surface area (Å²) in [5.74, 6) is -7.64. The first-order valence-electron chi connectivity index (χ1n) is 23.1. The monoisotopic (exact) mass is 967 g/mol. The molecule has 0 spiro atoms. The number of Topliss-reactive ketones (excluding diaryl/α,β-unsaturated/α-hetero) is 2. The Morgan fingerprint density at radius 1 is 0.853 bits per heavy atom. The van der Waals surface area contributed by atoms with Crippen molar-refractivity contribution < 1.29 is 52.7 Å². The van der Waals surface area contributed by atoms with Crippen LogP contribution in [0.2, 0.25) is 0 Å². The number of hydrogen-bond acceptors (Lipinski definition) is 15. The molecule has 1 saturated heterocycles. The number of benzene rings is 1. The Hall–Kier alpha value is -6.07. The fraction of sp³-hybridized carbons (Fsp3) is 0.600. The number of amides is 7. The molecule has 1 fully saturated rings. The number of fused-ring (bicyclic) bond motifs is 5. The molecule has 3 aliphatic heterocycles. The summed E-state index contributed by atoms with van der Waals surface area (Å²) in [6.07, 6.45) is 0.841. The minimum Gasteiger partial charge on any atom is -0.469 e. The molecule has 2 aromatic rings. The van der Waals surface area contributed by atoms with Gasteiger partial charge in [0.2, 0.25) is 41.4 Å². The van der Waals surface area contributed by atoms with Crippen molar-refractivity contribution in [2.45, 2.75) is 114 Å². The number of nitrogens with zero attached hydrogens (tertiary/aromatic N) is 1. The lowest BCUT2D eigenvalue weighted by Crippen LogP contribution is -2.60. The summed E-state index contributed by atoms with van der Waals surface area (Å²) in [4.78, 5) is 142. The van der Waals surface area contributed by atoms with Crippen molar-refractivity contribution in [2.24, 2.45) is 17.6 Å². The van der Waals surface area contributed by atoms with Crippen LogP contribution in [-0.4, -0.2) is 157 Å². The van der Waals surface area contributed by atoms with Gasteiger partial charge in [-0.15, -0.1) is 11.8 Å². The molecule has 0 radical (unpaired) electrons. The van der Waals surface area contributed by atoms with Crippen LogP contribution >= 0.6 is 11.8 Å². The van der Waals surface area contributed by atoms with Gasteiger partial charge in [-0.05, 0) is 55.0 Å². The predicted octanol–water partition coefficient (Wildman–Crippen LogP) is -1.50. The van der Waals surface area contributed by atoms with Crippen molar-refractivity contribution in [3.8, 4) is 0 Å². The van der Waals surface area contributed by atoms with Crippen LogP contribution in [0, 0.1) is 11.8 Å². The summed E-state index contributed by atoms with van der Waals surface area (Å²) in [6, 6.07) is -2.42. The Labute approximate surface area is 398 Å². The van der Waals surface area contributed by atoms with Gasteiger partial charge < -0.3 is 57.6 Å². The second-order valence-corrected chi connectivity index (χ2v) is 18.5. The Kier molecular flexibility index (Phi) is 19.3. The normalized spacial score (nSPS) is 25.0. The predicted molar refractivity (Wildman–Crippen MR) is 251 cm³/mol. The highest BCUT2D eigenvalue weighted by Gasteiger charge is 2.42. The Morgan fingerprint density at radius 3 is 2.28 bits per heavy atom. The maximum absolute atomic E-state index is 14.6. The fourth-order valence-electron chi connectivity index (χ4n) is 8.22. The van der Waals surface area contributed by atoms with Crippen molar-refractivity contribution in [1.82, 2.24) is 47.1 Å². The van der Waals surface area contributed by atoms with Crippen LogP contribution in [0.4, 0.5) is 5.69 Å². The molecule has 11 N–H and O–H groups in total. The van der Waals surface area contributed by atoms with Gasteiger partial charge in [0.15, 0.2) is 11.6 Å². The fourth-order valence-corrected chi connectivity index (χ4v) is 9.33. The van der Waals surface area contributed by atoms with Gasteiger partial charge in [-0.25, -0.2) is 0 Å². The van der Waals surface area contributed by atoms with E-state index >= 15 is 0 Å². The summed E-state index contributed by atoms with van der Waals surface area (Å²) in [5, 5.41) is 23.1. The number of ketones is 2. The maximum atomic E-state index is 14.6. The number of aromatic amines is 1. The number of esters is 1. The number of thioether (sulfide) groups is 1. The van der Waals surface area contributed by atoms with Gasteiger partial charge in [0, 0.05) is 41.7 Å². The number of H-pyrrole nitrogens is 1. The lowest BCUT2D eigenvalue weighted by molar-refractivity contribution is -0.148. The third-order valence-electron chi connectivity index (χ3n) is 12.6. The smallest absolute Gasteiger partial charge is 0.308 e. The molecule has 1 aromatic heterocycles. The molecule has 23 heteroatoms. The van der Waals surface area contributed by atoms with E-state index in [4.69, 9.17) is 10.5 Å². The summed E-state index contributed by atoms with van der Waals surface area (Å²) in [7, 11) is 1.12. The van der Waals surface area contributed by atoms with E-state index in [9.17, 15) is 47.9 Å². The molecule has 68 heavy (non-hydrogen) atoms. The van der Waals surface area contributed by atoms with Crippen LogP contribution < -0.4 is 48.3 Å². The number of ether oxygens (including phenoxy) is 1. The zero-order valence-corrected chi connectivity index (χ0v) is 40.0. The van der Waals surface area contributed by atoms with Gasteiger partial charge in [0.25, 0.3) is 0 Å². The molecular formula is C45H65N11O11S. The minimum absolute atomic E-state index is 0.0239. The standard InChI is InChI=1S/C45H65N11O11S/c1-6-23(3)37-42(64)50-21-35(59)51-33-22-68-44-29(28-15-25(10-11-30(28)54-44)47-18-26(57)12-13-46)16-31(39(61)49-20-27(58)19-48-37)52-43(65)38(24(4)7-2)55-41(63)34-9-8-14-56(34)45(66)32(53-40(33)62)17-36(60)67-5/h10-11,15,23-24,31-34,37-38,47-48,54H,6-9,12-14,16-22,46H2,1-5H3,(H,49,61)(H,50,64)(H,51,59)(H,52,65)(H,53,62)(H,55,63)/t23-,24-,31-,32-,33-,34-,37-,38-/m0/s1. The average Bonchev–Trinajstić information content (AvgIpc) is 3.95. The summed E-state index contributed by atoms with van der Waals surface area (Å²) < 4.78 is 4.88. The number of anilines is 1. The van der Waals surface area contributed by atoms with E-state index in [0.717, 1.165) is 18.9 Å². The van der Waals surface area contributed by atoms with Gasteiger partial charge >= 0.3 is 5.97 Å². The van der Waals surface area contributed by atoms with E-state index in [0.29, 0.717) is 46.4 Å². The van der Waals surface area contributed by atoms with Gasteiger partial charge in [-0.2, -0.15) is 0 Å². The molecule has 0 saturated carbocycles. The van der Waals surface area contributed by atoms with E-state index in [-0.39, 0.29) is 62.9 Å². The first-order chi connectivity index (χ1) is 32.5. The first-order valence-corrected chi connectivity index (χ1v) is 24.1. The van der Waals surface area contributed by atoms with Gasteiger partial charge in [0.05, 0.1) is 50.8 Å². The number of carbonyl (C=O) groups excluding carboxylic acids is 10. The van der Waals surface area contributed by atoms with Crippen molar-refractivity contribution in [3.63, 3.8) is 0 Å². The molecule has 4 heterocycles. The van der Waals surface area contributed by atoms with Crippen LogP contribution in [0.3, 0.4) is 0 Å². The zero-order chi connectivity index (χ0) is 49.7. The third kappa shape index (κ3) is 13.8.